The van der Waals surface area contributed by atoms with Crippen LogP contribution in [0.5, 0.6) is 0 Å². The number of carbonyl (C=O) groups is 1. The minimum atomic E-state index is -1.13. The molecule has 7 heteroatoms. The van der Waals surface area contributed by atoms with Gasteiger partial charge in [0, 0.05) is 23.6 Å². The number of para-hydroxylation sites is 1. The molecular formula is C22H27N3O4. The van der Waals surface area contributed by atoms with E-state index in [1.165, 1.54) is 0 Å². The summed E-state index contributed by atoms with van der Waals surface area (Å²) in [6.07, 6.45) is -0.571. The number of aromatic amines is 1. The Balaban J connectivity index is 1.68. The van der Waals surface area contributed by atoms with Gasteiger partial charge < -0.3 is 31.0 Å². The standard InChI is InChI=1S/C22H27N3O4/c1-22(14-23,11-16-12-24-18-10-6-5-9-17(16)18)25-21(28)29-19(13-26)20(27)15-7-3-2-4-8-15/h2-10,12,19-20,24,26-27H,11,13-14,23H2,1H3,(H,25,28). The summed E-state index contributed by atoms with van der Waals surface area (Å²) in [6.45, 7) is 1.51. The highest BCUT2D eigenvalue weighted by Gasteiger charge is 2.30. The molecule has 3 rings (SSSR count). The SMILES string of the molecule is CC(CN)(Cc1c[nH]c2ccccc12)NC(=O)OC(CO)C(O)c1ccccc1. The lowest BCUT2D eigenvalue weighted by Gasteiger charge is -2.30. The monoisotopic (exact) mass is 397 g/mol. The summed E-state index contributed by atoms with van der Waals surface area (Å²) in [7, 11) is 0. The molecule has 29 heavy (non-hydrogen) atoms. The molecule has 0 radical (unpaired) electrons. The van der Waals surface area contributed by atoms with Crippen LogP contribution in [-0.2, 0) is 11.2 Å². The molecule has 1 heterocycles. The summed E-state index contributed by atoms with van der Waals surface area (Å²) in [5.41, 5.74) is 7.78. The molecule has 0 aliphatic carbocycles. The number of fused-ring (bicyclic) bond motifs is 1. The van der Waals surface area contributed by atoms with Crippen molar-refractivity contribution < 1.29 is 19.7 Å². The summed E-state index contributed by atoms with van der Waals surface area (Å²) in [4.78, 5) is 15.7. The van der Waals surface area contributed by atoms with Crippen LogP contribution < -0.4 is 11.1 Å². The third kappa shape index (κ3) is 4.95. The molecule has 0 fully saturated rings. The molecule has 3 atom stereocenters. The molecule has 0 aliphatic rings. The Labute approximate surface area is 169 Å². The molecule has 3 aromatic rings. The predicted octanol–water partition coefficient (Wildman–Crippen LogP) is 2.25. The summed E-state index contributed by atoms with van der Waals surface area (Å²) >= 11 is 0. The van der Waals surface area contributed by atoms with Crippen LogP contribution in [0, 0.1) is 0 Å². The first-order chi connectivity index (χ1) is 14.0. The first-order valence-corrected chi connectivity index (χ1v) is 9.53. The lowest BCUT2D eigenvalue weighted by atomic mass is 9.93. The number of alkyl carbamates (subject to hydrolysis) is 1. The van der Waals surface area contributed by atoms with Crippen molar-refractivity contribution in [3.05, 3.63) is 71.9 Å². The Kier molecular flexibility index (Phi) is 6.53. The average molecular weight is 397 g/mol. The molecule has 2 aromatic carbocycles. The second-order valence-electron chi connectivity index (χ2n) is 7.41. The third-order valence-corrected chi connectivity index (χ3v) is 5.04. The number of nitrogens with one attached hydrogen (secondary N) is 2. The van der Waals surface area contributed by atoms with Crippen LogP contribution in [0.2, 0.25) is 0 Å². The Morgan fingerprint density at radius 3 is 2.59 bits per heavy atom. The quantitative estimate of drug-likeness (QED) is 0.399. The molecule has 1 aromatic heterocycles. The van der Waals surface area contributed by atoms with Crippen LogP contribution in [0.25, 0.3) is 10.9 Å². The summed E-state index contributed by atoms with van der Waals surface area (Å²) < 4.78 is 5.31. The number of hydrogen-bond donors (Lipinski definition) is 5. The number of benzene rings is 2. The van der Waals surface area contributed by atoms with Crippen molar-refractivity contribution in [2.45, 2.75) is 31.1 Å². The van der Waals surface area contributed by atoms with Crippen LogP contribution in [0.3, 0.4) is 0 Å². The van der Waals surface area contributed by atoms with E-state index in [4.69, 9.17) is 10.5 Å². The van der Waals surface area contributed by atoms with Crippen molar-refractivity contribution in [3.63, 3.8) is 0 Å². The van der Waals surface area contributed by atoms with E-state index < -0.39 is 30.4 Å². The highest BCUT2D eigenvalue weighted by molar-refractivity contribution is 5.83. The maximum atomic E-state index is 12.5. The molecule has 7 nitrogen and oxygen atoms in total. The van der Waals surface area contributed by atoms with E-state index in [0.717, 1.165) is 16.5 Å². The average Bonchev–Trinajstić information content (AvgIpc) is 3.14. The van der Waals surface area contributed by atoms with Crippen LogP contribution in [0.4, 0.5) is 4.79 Å². The molecule has 1 amide bonds. The number of ether oxygens (including phenoxy) is 1. The first kappa shape index (κ1) is 20.9. The van der Waals surface area contributed by atoms with E-state index in [2.05, 4.69) is 10.3 Å². The van der Waals surface area contributed by atoms with Crippen molar-refractivity contribution >= 4 is 17.0 Å². The number of aromatic nitrogens is 1. The number of rotatable bonds is 8. The van der Waals surface area contributed by atoms with Crippen LogP contribution in [-0.4, -0.2) is 46.1 Å². The number of H-pyrrole nitrogens is 1. The summed E-state index contributed by atoms with van der Waals surface area (Å²) in [5.74, 6) is 0. The molecule has 0 spiro atoms. The van der Waals surface area contributed by atoms with Crippen LogP contribution in [0.1, 0.15) is 24.2 Å². The van der Waals surface area contributed by atoms with E-state index in [1.54, 1.807) is 24.3 Å². The van der Waals surface area contributed by atoms with Gasteiger partial charge in [0.1, 0.15) is 6.10 Å². The smallest absolute Gasteiger partial charge is 0.408 e. The van der Waals surface area contributed by atoms with Gasteiger partial charge >= 0.3 is 6.09 Å². The fourth-order valence-corrected chi connectivity index (χ4v) is 3.35. The molecule has 0 saturated heterocycles. The van der Waals surface area contributed by atoms with Gasteiger partial charge in [-0.1, -0.05) is 48.5 Å². The van der Waals surface area contributed by atoms with Gasteiger partial charge in [-0.3, -0.25) is 0 Å². The zero-order chi connectivity index (χ0) is 20.9. The van der Waals surface area contributed by atoms with E-state index in [1.807, 2.05) is 43.5 Å². The van der Waals surface area contributed by atoms with E-state index in [0.29, 0.717) is 12.0 Å². The van der Waals surface area contributed by atoms with Crippen molar-refractivity contribution in [1.82, 2.24) is 10.3 Å². The number of carbonyl (C=O) groups excluding carboxylic acids is 1. The Bertz CT molecular complexity index is 943. The Morgan fingerprint density at radius 2 is 1.90 bits per heavy atom. The second-order valence-corrected chi connectivity index (χ2v) is 7.41. The second kappa shape index (κ2) is 9.09. The first-order valence-electron chi connectivity index (χ1n) is 9.53. The minimum absolute atomic E-state index is 0.187. The van der Waals surface area contributed by atoms with Gasteiger partial charge in [-0.15, -0.1) is 0 Å². The number of hydrogen-bond acceptors (Lipinski definition) is 5. The zero-order valence-electron chi connectivity index (χ0n) is 16.3. The van der Waals surface area contributed by atoms with E-state index >= 15 is 0 Å². The number of aliphatic hydroxyl groups excluding tert-OH is 2. The van der Waals surface area contributed by atoms with Crippen molar-refractivity contribution in [2.24, 2.45) is 5.73 Å². The lowest BCUT2D eigenvalue weighted by molar-refractivity contribution is -0.0292. The fourth-order valence-electron chi connectivity index (χ4n) is 3.35. The Hall–Kier alpha value is -2.87. The van der Waals surface area contributed by atoms with Gasteiger partial charge in [0.2, 0.25) is 0 Å². The third-order valence-electron chi connectivity index (χ3n) is 5.04. The van der Waals surface area contributed by atoms with Crippen molar-refractivity contribution in [2.75, 3.05) is 13.2 Å². The summed E-state index contributed by atoms with van der Waals surface area (Å²) in [6, 6.07) is 16.6. The van der Waals surface area contributed by atoms with E-state index in [9.17, 15) is 15.0 Å². The largest absolute Gasteiger partial charge is 0.441 e. The maximum Gasteiger partial charge on any atom is 0.408 e. The Morgan fingerprint density at radius 1 is 1.21 bits per heavy atom. The van der Waals surface area contributed by atoms with Gasteiger partial charge in [0.05, 0.1) is 12.1 Å². The molecular weight excluding hydrogens is 370 g/mol. The molecule has 154 valence electrons. The topological polar surface area (TPSA) is 121 Å². The highest BCUT2D eigenvalue weighted by Crippen LogP contribution is 2.23. The molecule has 6 N–H and O–H groups in total. The van der Waals surface area contributed by atoms with Crippen molar-refractivity contribution in [1.29, 1.82) is 0 Å². The number of aliphatic hydroxyl groups is 2. The van der Waals surface area contributed by atoms with Gasteiger partial charge in [-0.05, 0) is 30.5 Å². The predicted molar refractivity (Wildman–Crippen MR) is 111 cm³/mol. The lowest BCUT2D eigenvalue weighted by Crippen LogP contribution is -2.54. The molecule has 0 bridgehead atoms. The normalized spacial score (nSPS) is 15.4. The zero-order valence-corrected chi connectivity index (χ0v) is 16.3. The number of nitrogens with two attached hydrogens (primary N) is 1. The van der Waals surface area contributed by atoms with Gasteiger partial charge in [-0.2, -0.15) is 0 Å². The minimum Gasteiger partial charge on any atom is -0.441 e. The molecule has 0 aliphatic heterocycles. The molecule has 0 saturated carbocycles. The van der Waals surface area contributed by atoms with E-state index in [-0.39, 0.29) is 6.54 Å². The fraction of sp³-hybridized carbons (Fsp3) is 0.318. The van der Waals surface area contributed by atoms with Crippen molar-refractivity contribution in [3.8, 4) is 0 Å². The summed E-state index contributed by atoms with van der Waals surface area (Å²) in [5, 5.41) is 23.9. The van der Waals surface area contributed by atoms with Gasteiger partial charge in [0.25, 0.3) is 0 Å². The molecule has 3 unspecified atom stereocenters. The van der Waals surface area contributed by atoms with Gasteiger partial charge in [-0.25, -0.2) is 4.79 Å². The number of amides is 1. The highest BCUT2D eigenvalue weighted by atomic mass is 16.6. The maximum absolute atomic E-state index is 12.5. The van der Waals surface area contributed by atoms with Crippen LogP contribution >= 0.6 is 0 Å². The van der Waals surface area contributed by atoms with Gasteiger partial charge in [0.15, 0.2) is 6.10 Å². The van der Waals surface area contributed by atoms with Crippen LogP contribution in [0.15, 0.2) is 60.8 Å².